The number of allylic oxidation sites excluding steroid dienone is 1. The Bertz CT molecular complexity index is 1490. The molecule has 2 bridgehead atoms. The zero-order valence-corrected chi connectivity index (χ0v) is 25.6. The second-order valence-electron chi connectivity index (χ2n) is 12.9. The normalized spacial score (nSPS) is 36.1. The molecule has 6 atom stereocenters. The van der Waals surface area contributed by atoms with Crippen molar-refractivity contribution in [2.45, 2.75) is 75.1 Å². The van der Waals surface area contributed by atoms with Crippen LogP contribution in [0.4, 0.5) is 5.69 Å². The van der Waals surface area contributed by atoms with Crippen molar-refractivity contribution in [1.29, 1.82) is 0 Å². The standard InChI is InChI=1S/C33H41ClN2O4S/c1-22-7-4-5-15-32(2,38)27-12-9-25(27)19-36-20-33(16-6-8-23-17-26(34)11-13-28(23)33)21-40-30-14-10-24(18-29(30)36)31(37)35-41(22,3)39/h5,10-11,13-15,17-18,22,25,27,38H,3-4,6-9,12,16,19-21H2,1-2H3,(H,35,37,39)/b15-5+/t22-,25+,27-,32+,33+,41?/m1/s1. The third-order valence-corrected chi connectivity index (χ3v) is 12.3. The number of ether oxygens (including phenoxy) is 1. The highest BCUT2D eigenvalue weighted by Crippen LogP contribution is 2.48. The van der Waals surface area contributed by atoms with Gasteiger partial charge in [-0.05, 0) is 118 Å². The summed E-state index contributed by atoms with van der Waals surface area (Å²) in [6, 6.07) is 11.7. The number of amides is 1. The van der Waals surface area contributed by atoms with E-state index in [2.05, 4.69) is 27.6 Å². The maximum atomic E-state index is 13.4. The van der Waals surface area contributed by atoms with Crippen molar-refractivity contribution in [2.24, 2.45) is 11.8 Å². The summed E-state index contributed by atoms with van der Waals surface area (Å²) in [5.41, 5.74) is 2.73. The highest BCUT2D eigenvalue weighted by molar-refractivity contribution is 7.99. The van der Waals surface area contributed by atoms with Crippen molar-refractivity contribution in [3.05, 3.63) is 70.3 Å². The van der Waals surface area contributed by atoms with Gasteiger partial charge in [0.2, 0.25) is 0 Å². The summed E-state index contributed by atoms with van der Waals surface area (Å²) in [5, 5.41) is 12.0. The predicted molar refractivity (Wildman–Crippen MR) is 168 cm³/mol. The molecule has 6 rings (SSSR count). The monoisotopic (exact) mass is 596 g/mol. The van der Waals surface area contributed by atoms with E-state index in [4.69, 9.17) is 16.3 Å². The van der Waals surface area contributed by atoms with Gasteiger partial charge in [-0.15, -0.1) is 0 Å². The van der Waals surface area contributed by atoms with Crippen LogP contribution in [0.2, 0.25) is 5.02 Å². The molecule has 0 radical (unpaired) electrons. The van der Waals surface area contributed by atoms with E-state index in [-0.39, 0.29) is 22.5 Å². The summed E-state index contributed by atoms with van der Waals surface area (Å²) < 4.78 is 22.7. The SMILES string of the molecule is C=S1(=O)NC(=O)c2ccc3c(c2)N(C[C@@H]2CC[C@H]2[C@@](C)(O)/C=C/CC[C@H]1C)C[C@@]1(CCCc2cc(Cl)ccc21)CO3. The smallest absolute Gasteiger partial charge is 0.262 e. The summed E-state index contributed by atoms with van der Waals surface area (Å²) >= 11 is 6.40. The summed E-state index contributed by atoms with van der Waals surface area (Å²) in [4.78, 5) is 15.8. The van der Waals surface area contributed by atoms with Gasteiger partial charge in [-0.3, -0.25) is 9.52 Å². The minimum Gasteiger partial charge on any atom is -0.490 e. The maximum absolute atomic E-state index is 13.4. The minimum absolute atomic E-state index is 0.133. The lowest BCUT2D eigenvalue weighted by molar-refractivity contribution is -0.0314. The molecule has 2 heterocycles. The Morgan fingerprint density at radius 1 is 1.20 bits per heavy atom. The number of nitrogens with zero attached hydrogens (tertiary/aromatic N) is 1. The number of hydrogen-bond acceptors (Lipinski definition) is 5. The number of anilines is 1. The van der Waals surface area contributed by atoms with E-state index in [1.807, 2.05) is 44.2 Å². The van der Waals surface area contributed by atoms with Crippen LogP contribution in [0, 0.1) is 11.8 Å². The fourth-order valence-corrected chi connectivity index (χ4v) is 8.72. The largest absolute Gasteiger partial charge is 0.490 e. The van der Waals surface area contributed by atoms with E-state index < -0.39 is 15.3 Å². The van der Waals surface area contributed by atoms with E-state index in [0.29, 0.717) is 30.9 Å². The van der Waals surface area contributed by atoms with Crippen molar-refractivity contribution in [2.75, 3.05) is 24.6 Å². The van der Waals surface area contributed by atoms with Crippen molar-refractivity contribution in [3.63, 3.8) is 0 Å². The van der Waals surface area contributed by atoms with E-state index >= 15 is 0 Å². The molecule has 1 saturated carbocycles. The van der Waals surface area contributed by atoms with E-state index in [0.717, 1.165) is 61.7 Å². The molecule has 2 aromatic carbocycles. The number of rotatable bonds is 0. The Hall–Kier alpha value is -2.48. The topological polar surface area (TPSA) is 78.9 Å². The van der Waals surface area contributed by atoms with Crippen LogP contribution in [0.5, 0.6) is 5.75 Å². The average Bonchev–Trinajstić information content (AvgIpc) is 3.05. The van der Waals surface area contributed by atoms with Crippen molar-refractivity contribution < 1.29 is 18.8 Å². The first-order valence-corrected chi connectivity index (χ1v) is 17.0. The van der Waals surface area contributed by atoms with Gasteiger partial charge in [0, 0.05) is 34.3 Å². The number of aliphatic hydroxyl groups is 1. The first-order valence-electron chi connectivity index (χ1n) is 14.9. The summed E-state index contributed by atoms with van der Waals surface area (Å²) in [5.74, 6) is 4.69. The lowest BCUT2D eigenvalue weighted by Gasteiger charge is -2.48. The first kappa shape index (κ1) is 28.6. The second kappa shape index (κ2) is 10.7. The summed E-state index contributed by atoms with van der Waals surface area (Å²) in [6.45, 7) is 5.80. The molecule has 1 fully saturated rings. The van der Waals surface area contributed by atoms with Gasteiger partial charge >= 0.3 is 0 Å². The van der Waals surface area contributed by atoms with Crippen LogP contribution >= 0.6 is 11.6 Å². The minimum atomic E-state index is -2.88. The molecule has 2 aromatic rings. The van der Waals surface area contributed by atoms with Crippen LogP contribution in [0.3, 0.4) is 0 Å². The van der Waals surface area contributed by atoms with Gasteiger partial charge in [-0.2, -0.15) is 0 Å². The highest BCUT2D eigenvalue weighted by Gasteiger charge is 2.46. The zero-order valence-electron chi connectivity index (χ0n) is 24.0. The first-order chi connectivity index (χ1) is 19.5. The lowest BCUT2D eigenvalue weighted by Crippen LogP contribution is -2.51. The lowest BCUT2D eigenvalue weighted by atomic mass is 9.64. The maximum Gasteiger partial charge on any atom is 0.262 e. The molecule has 0 saturated heterocycles. The summed E-state index contributed by atoms with van der Waals surface area (Å²) in [7, 11) is -2.88. The van der Waals surface area contributed by atoms with Crippen LogP contribution < -0.4 is 14.4 Å². The van der Waals surface area contributed by atoms with Gasteiger partial charge in [0.15, 0.2) is 0 Å². The fraction of sp³-hybridized carbons (Fsp3) is 0.515. The molecule has 2 aliphatic carbocycles. The molecular formula is C33H41ClN2O4S. The summed E-state index contributed by atoms with van der Waals surface area (Å²) in [6.07, 6.45) is 10.2. The van der Waals surface area contributed by atoms with Gasteiger partial charge in [0.05, 0.1) is 27.6 Å². The Labute approximate surface area is 249 Å². The number of hydrogen-bond donors (Lipinski definition) is 2. The van der Waals surface area contributed by atoms with Crippen molar-refractivity contribution in [1.82, 2.24) is 4.72 Å². The van der Waals surface area contributed by atoms with Crippen LogP contribution in [0.15, 0.2) is 48.6 Å². The Morgan fingerprint density at radius 2 is 2.02 bits per heavy atom. The van der Waals surface area contributed by atoms with Gasteiger partial charge in [-0.25, -0.2) is 4.21 Å². The van der Waals surface area contributed by atoms with E-state index in [1.165, 1.54) is 11.1 Å². The van der Waals surface area contributed by atoms with Crippen LogP contribution in [-0.4, -0.2) is 51.6 Å². The molecule has 2 aliphatic heterocycles. The molecular weight excluding hydrogens is 556 g/mol. The zero-order chi connectivity index (χ0) is 29.0. The van der Waals surface area contributed by atoms with Crippen LogP contribution in [-0.2, 0) is 21.5 Å². The molecule has 2 N–H and O–H groups in total. The predicted octanol–water partition coefficient (Wildman–Crippen LogP) is 5.69. The van der Waals surface area contributed by atoms with Gasteiger partial charge in [-0.1, -0.05) is 29.8 Å². The molecule has 6 nitrogen and oxygen atoms in total. The van der Waals surface area contributed by atoms with Gasteiger partial charge in [0.1, 0.15) is 5.75 Å². The Balaban J connectivity index is 1.44. The van der Waals surface area contributed by atoms with E-state index in [9.17, 15) is 14.1 Å². The molecule has 8 heteroatoms. The van der Waals surface area contributed by atoms with Crippen LogP contribution in [0.25, 0.3) is 0 Å². The van der Waals surface area contributed by atoms with E-state index in [1.54, 1.807) is 6.07 Å². The fourth-order valence-electron chi connectivity index (χ4n) is 7.38. The average molecular weight is 597 g/mol. The Kier molecular flexibility index (Phi) is 7.44. The molecule has 1 spiro atoms. The third-order valence-electron chi connectivity index (χ3n) is 10.0. The number of aryl methyl sites for hydroxylation is 1. The molecule has 220 valence electrons. The highest BCUT2D eigenvalue weighted by atomic mass is 35.5. The number of halogens is 1. The number of carbonyl (C=O) groups is 1. The van der Waals surface area contributed by atoms with Crippen molar-refractivity contribution >= 4 is 38.8 Å². The number of benzene rings is 2. The third kappa shape index (κ3) is 5.41. The molecule has 41 heavy (non-hydrogen) atoms. The van der Waals surface area contributed by atoms with Crippen molar-refractivity contribution in [3.8, 4) is 5.75 Å². The quantitative estimate of drug-likeness (QED) is 0.302. The molecule has 1 unspecified atom stereocenters. The molecule has 1 amide bonds. The second-order valence-corrected chi connectivity index (χ2v) is 15.8. The van der Waals surface area contributed by atoms with Crippen LogP contribution in [0.1, 0.15) is 73.9 Å². The Morgan fingerprint density at radius 3 is 2.80 bits per heavy atom. The van der Waals surface area contributed by atoms with Gasteiger partial charge in [0.25, 0.3) is 5.91 Å². The number of carbonyl (C=O) groups excluding carboxylic acids is 1. The van der Waals surface area contributed by atoms with Gasteiger partial charge < -0.3 is 14.7 Å². The molecule has 0 aromatic heterocycles. The number of fused-ring (bicyclic) bond motifs is 4. The number of nitrogens with one attached hydrogen (secondary N) is 1. The molecule has 4 aliphatic rings.